The van der Waals surface area contributed by atoms with Crippen LogP contribution in [0.3, 0.4) is 0 Å². The van der Waals surface area contributed by atoms with Crippen LogP contribution in [0.2, 0.25) is 0 Å². The summed E-state index contributed by atoms with van der Waals surface area (Å²) in [5, 5.41) is 6.10. The molecule has 1 amide bonds. The van der Waals surface area contributed by atoms with E-state index in [1.807, 2.05) is 0 Å². The molecule has 7 nitrogen and oxygen atoms in total. The molecular formula is C10H17N5O2. The number of aromatic nitrogens is 3. The van der Waals surface area contributed by atoms with Crippen molar-refractivity contribution in [1.82, 2.24) is 20.1 Å². The first-order valence-electron chi connectivity index (χ1n) is 5.68. The van der Waals surface area contributed by atoms with E-state index >= 15 is 0 Å². The van der Waals surface area contributed by atoms with Crippen molar-refractivity contribution in [2.45, 2.75) is 12.8 Å². The average Bonchev–Trinajstić information content (AvgIpc) is 3.04. The molecule has 0 aliphatic heterocycles. The Kier molecular flexibility index (Phi) is 3.58. The van der Waals surface area contributed by atoms with Gasteiger partial charge >= 0.3 is 0 Å². The second-order valence-electron chi connectivity index (χ2n) is 4.29. The van der Waals surface area contributed by atoms with Crippen LogP contribution in [0.15, 0.2) is 0 Å². The minimum atomic E-state index is -0.232. The van der Waals surface area contributed by atoms with Crippen LogP contribution in [0.4, 0.5) is 5.95 Å². The summed E-state index contributed by atoms with van der Waals surface area (Å²) in [7, 11) is 1.70. The van der Waals surface area contributed by atoms with Crippen molar-refractivity contribution in [3.05, 3.63) is 5.82 Å². The third kappa shape index (κ3) is 3.42. The van der Waals surface area contributed by atoms with E-state index < -0.39 is 0 Å². The molecule has 1 aliphatic carbocycles. The molecule has 0 aromatic carbocycles. The summed E-state index contributed by atoms with van der Waals surface area (Å²) in [6.45, 7) is 1.88. The molecule has 0 atom stereocenters. The smallest absolute Gasteiger partial charge is 0.291 e. The van der Waals surface area contributed by atoms with E-state index in [0.29, 0.717) is 13.2 Å². The number of carbonyl (C=O) groups is 1. The van der Waals surface area contributed by atoms with Gasteiger partial charge in [0.15, 0.2) is 0 Å². The van der Waals surface area contributed by atoms with Gasteiger partial charge in [-0.2, -0.15) is 4.98 Å². The summed E-state index contributed by atoms with van der Waals surface area (Å²) < 4.78 is 5.45. The first-order valence-corrected chi connectivity index (χ1v) is 5.68. The van der Waals surface area contributed by atoms with Crippen molar-refractivity contribution in [2.75, 3.05) is 32.5 Å². The number of amides is 1. The number of H-pyrrole nitrogens is 1. The number of rotatable bonds is 6. The molecule has 0 radical (unpaired) electrons. The number of aromatic amines is 1. The number of hydrogen-bond acceptors (Lipinski definition) is 5. The van der Waals surface area contributed by atoms with E-state index in [2.05, 4.69) is 15.2 Å². The highest BCUT2D eigenvalue weighted by Gasteiger charge is 2.21. The lowest BCUT2D eigenvalue weighted by molar-refractivity contribution is 0.0671. The quantitative estimate of drug-likeness (QED) is 0.675. The molecule has 3 N–H and O–H groups in total. The SMILES string of the molecule is CN(CCOCC1CC1)C(=O)c1nc(N)n[nH]1. The van der Waals surface area contributed by atoms with Crippen LogP contribution in [0.5, 0.6) is 0 Å². The zero-order chi connectivity index (χ0) is 12.3. The highest BCUT2D eigenvalue weighted by molar-refractivity contribution is 5.90. The Morgan fingerprint density at radius 3 is 3.00 bits per heavy atom. The zero-order valence-electron chi connectivity index (χ0n) is 9.85. The molecule has 0 spiro atoms. The van der Waals surface area contributed by atoms with E-state index in [-0.39, 0.29) is 17.7 Å². The van der Waals surface area contributed by atoms with Gasteiger partial charge in [0.25, 0.3) is 5.91 Å². The highest BCUT2D eigenvalue weighted by atomic mass is 16.5. The number of hydrogen-bond donors (Lipinski definition) is 2. The van der Waals surface area contributed by atoms with Crippen LogP contribution in [-0.4, -0.2) is 52.8 Å². The van der Waals surface area contributed by atoms with Gasteiger partial charge in [0.1, 0.15) is 0 Å². The minimum Gasteiger partial charge on any atom is -0.379 e. The molecule has 1 aliphatic rings. The summed E-state index contributed by atoms with van der Waals surface area (Å²) in [5.74, 6) is 0.744. The van der Waals surface area contributed by atoms with E-state index in [4.69, 9.17) is 10.5 Å². The average molecular weight is 239 g/mol. The zero-order valence-corrected chi connectivity index (χ0v) is 9.85. The molecule has 1 fully saturated rings. The van der Waals surface area contributed by atoms with E-state index in [0.717, 1.165) is 12.5 Å². The molecule has 1 saturated carbocycles. The lowest BCUT2D eigenvalue weighted by Crippen LogP contribution is -2.31. The summed E-state index contributed by atoms with van der Waals surface area (Å²) in [6, 6.07) is 0. The maximum absolute atomic E-state index is 11.8. The van der Waals surface area contributed by atoms with Crippen LogP contribution in [-0.2, 0) is 4.74 Å². The summed E-state index contributed by atoms with van der Waals surface area (Å²) in [6.07, 6.45) is 2.54. The maximum atomic E-state index is 11.8. The van der Waals surface area contributed by atoms with Gasteiger partial charge in [-0.25, -0.2) is 0 Å². The third-order valence-electron chi connectivity index (χ3n) is 2.67. The summed E-state index contributed by atoms with van der Waals surface area (Å²) in [5.41, 5.74) is 5.33. The van der Waals surface area contributed by atoms with Gasteiger partial charge < -0.3 is 15.4 Å². The van der Waals surface area contributed by atoms with Gasteiger partial charge in [0, 0.05) is 20.2 Å². The lowest BCUT2D eigenvalue weighted by atomic mass is 10.4. The van der Waals surface area contributed by atoms with Crippen molar-refractivity contribution in [3.63, 3.8) is 0 Å². The van der Waals surface area contributed by atoms with Crippen molar-refractivity contribution < 1.29 is 9.53 Å². The Labute approximate surface area is 99.3 Å². The second-order valence-corrected chi connectivity index (χ2v) is 4.29. The minimum absolute atomic E-state index is 0.0757. The van der Waals surface area contributed by atoms with Gasteiger partial charge in [-0.05, 0) is 18.8 Å². The highest BCUT2D eigenvalue weighted by Crippen LogP contribution is 2.28. The Morgan fingerprint density at radius 2 is 2.41 bits per heavy atom. The first kappa shape index (κ1) is 11.8. The number of nitrogens with zero attached hydrogens (tertiary/aromatic N) is 3. The summed E-state index contributed by atoms with van der Waals surface area (Å²) in [4.78, 5) is 17.1. The van der Waals surface area contributed by atoms with Crippen LogP contribution in [0, 0.1) is 5.92 Å². The lowest BCUT2D eigenvalue weighted by Gasteiger charge is -2.15. The van der Waals surface area contributed by atoms with Gasteiger partial charge in [-0.15, -0.1) is 5.10 Å². The Morgan fingerprint density at radius 1 is 1.65 bits per heavy atom. The van der Waals surface area contributed by atoms with Gasteiger partial charge in [-0.3, -0.25) is 9.89 Å². The molecule has 94 valence electrons. The third-order valence-corrected chi connectivity index (χ3v) is 2.67. The van der Waals surface area contributed by atoms with E-state index in [1.54, 1.807) is 7.05 Å². The number of carbonyl (C=O) groups excluding carboxylic acids is 1. The molecular weight excluding hydrogens is 222 g/mol. The van der Waals surface area contributed by atoms with Crippen LogP contribution in [0.1, 0.15) is 23.5 Å². The molecule has 1 aromatic heterocycles. The predicted octanol–water partition coefficient (Wildman–Crippen LogP) is -0.114. The second kappa shape index (κ2) is 5.13. The fourth-order valence-electron chi connectivity index (χ4n) is 1.39. The number of likely N-dealkylation sites (N-methyl/N-ethyl adjacent to an activating group) is 1. The normalized spacial score (nSPS) is 14.9. The van der Waals surface area contributed by atoms with Gasteiger partial charge in [0.05, 0.1) is 6.61 Å². The number of ether oxygens (including phenoxy) is 1. The number of nitrogens with two attached hydrogens (primary N) is 1. The molecule has 2 rings (SSSR count). The van der Waals surface area contributed by atoms with Gasteiger partial charge in [-0.1, -0.05) is 0 Å². The molecule has 17 heavy (non-hydrogen) atoms. The van der Waals surface area contributed by atoms with Crippen molar-refractivity contribution >= 4 is 11.9 Å². The number of nitrogens with one attached hydrogen (secondary N) is 1. The molecule has 0 bridgehead atoms. The van der Waals surface area contributed by atoms with Crippen LogP contribution < -0.4 is 5.73 Å². The molecule has 0 unspecified atom stereocenters. The first-order chi connectivity index (χ1) is 8.16. The van der Waals surface area contributed by atoms with Crippen molar-refractivity contribution in [1.29, 1.82) is 0 Å². The van der Waals surface area contributed by atoms with Gasteiger partial charge in [0.2, 0.25) is 11.8 Å². The molecule has 1 heterocycles. The van der Waals surface area contributed by atoms with E-state index in [9.17, 15) is 4.79 Å². The van der Waals surface area contributed by atoms with Crippen molar-refractivity contribution in [3.8, 4) is 0 Å². The maximum Gasteiger partial charge on any atom is 0.291 e. The van der Waals surface area contributed by atoms with Crippen LogP contribution in [0.25, 0.3) is 0 Å². The van der Waals surface area contributed by atoms with E-state index in [1.165, 1.54) is 17.7 Å². The predicted molar refractivity (Wildman–Crippen MR) is 61.3 cm³/mol. The topological polar surface area (TPSA) is 97.1 Å². The standard InChI is InChI=1S/C10H17N5O2/c1-15(4-5-17-6-7-2-3-7)9(16)8-12-10(11)14-13-8/h7H,2-6H2,1H3,(H3,11,12,13,14). The number of anilines is 1. The molecule has 1 aromatic rings. The summed E-state index contributed by atoms with van der Waals surface area (Å²) >= 11 is 0. The van der Waals surface area contributed by atoms with Crippen molar-refractivity contribution in [2.24, 2.45) is 5.92 Å². The molecule has 0 saturated heterocycles. The number of nitrogen functional groups attached to an aromatic ring is 1. The Hall–Kier alpha value is -1.63. The Balaban J connectivity index is 1.70. The monoisotopic (exact) mass is 239 g/mol. The fourth-order valence-corrected chi connectivity index (χ4v) is 1.39. The largest absolute Gasteiger partial charge is 0.379 e. The Bertz CT molecular complexity index is 388. The fraction of sp³-hybridized carbons (Fsp3) is 0.700. The molecule has 7 heteroatoms. The van der Waals surface area contributed by atoms with Crippen LogP contribution >= 0.6 is 0 Å².